The second-order valence-corrected chi connectivity index (χ2v) is 7.04. The highest BCUT2D eigenvalue weighted by molar-refractivity contribution is 5.94. The summed E-state index contributed by atoms with van der Waals surface area (Å²) in [4.78, 5) is 24.6. The zero-order valence-corrected chi connectivity index (χ0v) is 18.1. The molecule has 1 aliphatic heterocycles. The number of aromatic hydroxyl groups is 1. The summed E-state index contributed by atoms with van der Waals surface area (Å²) in [6, 6.07) is 9.94. The zero-order valence-electron chi connectivity index (χ0n) is 18.1. The van der Waals surface area contributed by atoms with Crippen LogP contribution in [-0.4, -0.2) is 30.8 Å². The van der Waals surface area contributed by atoms with Crippen molar-refractivity contribution in [1.82, 2.24) is 0 Å². The molecule has 2 aromatic carbocycles. The summed E-state index contributed by atoms with van der Waals surface area (Å²) >= 11 is 0. The van der Waals surface area contributed by atoms with E-state index in [1.54, 1.807) is 6.92 Å². The van der Waals surface area contributed by atoms with E-state index in [1.165, 1.54) is 44.4 Å². The summed E-state index contributed by atoms with van der Waals surface area (Å²) in [7, 11) is 1.19. The number of nitrogens with zero attached hydrogens (tertiary/aromatic N) is 1. The molecule has 170 valence electrons. The molecular formula is C24H21FN2O6. The number of methoxy groups -OCH3 is 1. The van der Waals surface area contributed by atoms with Crippen LogP contribution in [0.4, 0.5) is 4.39 Å². The van der Waals surface area contributed by atoms with Crippen molar-refractivity contribution < 1.29 is 33.3 Å². The van der Waals surface area contributed by atoms with Crippen LogP contribution >= 0.6 is 0 Å². The van der Waals surface area contributed by atoms with E-state index < -0.39 is 29.4 Å². The van der Waals surface area contributed by atoms with Crippen LogP contribution in [0, 0.1) is 17.1 Å². The van der Waals surface area contributed by atoms with Crippen molar-refractivity contribution in [2.24, 2.45) is 5.73 Å². The molecule has 0 fully saturated rings. The molecule has 0 aromatic heterocycles. The summed E-state index contributed by atoms with van der Waals surface area (Å²) in [6.45, 7) is 3.18. The van der Waals surface area contributed by atoms with E-state index >= 15 is 0 Å². The number of halogens is 1. The van der Waals surface area contributed by atoms with Gasteiger partial charge in [-0.05, 0) is 32.0 Å². The number of esters is 2. The van der Waals surface area contributed by atoms with E-state index in [9.17, 15) is 24.3 Å². The van der Waals surface area contributed by atoms with Gasteiger partial charge < -0.3 is 25.1 Å². The van der Waals surface area contributed by atoms with Gasteiger partial charge in [0.15, 0.2) is 0 Å². The van der Waals surface area contributed by atoms with Gasteiger partial charge in [0, 0.05) is 16.7 Å². The third kappa shape index (κ3) is 4.23. The predicted molar refractivity (Wildman–Crippen MR) is 115 cm³/mol. The van der Waals surface area contributed by atoms with Crippen molar-refractivity contribution in [3.63, 3.8) is 0 Å². The first-order chi connectivity index (χ1) is 15.7. The van der Waals surface area contributed by atoms with Crippen LogP contribution in [-0.2, 0) is 19.0 Å². The van der Waals surface area contributed by atoms with Gasteiger partial charge in [-0.3, -0.25) is 0 Å². The van der Waals surface area contributed by atoms with E-state index in [2.05, 4.69) is 4.74 Å². The van der Waals surface area contributed by atoms with Gasteiger partial charge in [-0.25, -0.2) is 14.0 Å². The van der Waals surface area contributed by atoms with Crippen molar-refractivity contribution >= 4 is 11.9 Å². The second kappa shape index (κ2) is 9.44. The summed E-state index contributed by atoms with van der Waals surface area (Å²) in [5, 5.41) is 20.9. The SMILES string of the molecule is CCOC(=O)C1=C(C)OC(N)=C(C#N)C1c1cccc(-c2cc(C(=O)OC)ccc2F)c1O. The van der Waals surface area contributed by atoms with Crippen LogP contribution in [0.15, 0.2) is 59.2 Å². The standard InChI is InChI=1S/C24H21FN2O6/c1-4-32-24(30)19-12(2)33-22(27)17(11-26)20(19)15-7-5-6-14(21(15)28)16-10-13(23(29)31-3)8-9-18(16)25/h5-10,20,28H,4,27H2,1-3H3. The molecule has 1 aliphatic rings. The average molecular weight is 452 g/mol. The number of phenols is 1. The Kier molecular flexibility index (Phi) is 6.68. The molecule has 9 heteroatoms. The van der Waals surface area contributed by atoms with Gasteiger partial charge in [0.05, 0.1) is 30.8 Å². The van der Waals surface area contributed by atoms with Gasteiger partial charge >= 0.3 is 11.9 Å². The second-order valence-electron chi connectivity index (χ2n) is 7.04. The molecule has 0 spiro atoms. The quantitative estimate of drug-likeness (QED) is 0.658. The molecule has 1 heterocycles. The number of phenolic OH excluding ortho intramolecular Hbond substituents is 1. The van der Waals surface area contributed by atoms with Crippen molar-refractivity contribution in [2.75, 3.05) is 13.7 Å². The summed E-state index contributed by atoms with van der Waals surface area (Å²) in [5.41, 5.74) is 5.92. The maximum Gasteiger partial charge on any atom is 0.338 e. The van der Waals surface area contributed by atoms with Crippen LogP contribution in [0.3, 0.4) is 0 Å². The summed E-state index contributed by atoms with van der Waals surface area (Å²) in [5.74, 6) is -3.76. The molecule has 0 amide bonds. The molecule has 0 saturated heterocycles. The number of nitrogens with two attached hydrogens (primary N) is 1. The van der Waals surface area contributed by atoms with Crippen LogP contribution < -0.4 is 5.73 Å². The lowest BCUT2D eigenvalue weighted by Gasteiger charge is -2.27. The lowest BCUT2D eigenvalue weighted by molar-refractivity contribution is -0.139. The molecule has 0 radical (unpaired) electrons. The van der Waals surface area contributed by atoms with E-state index in [0.717, 1.165) is 6.07 Å². The summed E-state index contributed by atoms with van der Waals surface area (Å²) < 4.78 is 29.9. The number of para-hydroxylation sites is 1. The number of carbonyl (C=O) groups excluding carboxylic acids is 2. The van der Waals surface area contributed by atoms with Crippen LogP contribution in [0.25, 0.3) is 11.1 Å². The molecule has 8 nitrogen and oxygen atoms in total. The summed E-state index contributed by atoms with van der Waals surface area (Å²) in [6.07, 6.45) is 0. The topological polar surface area (TPSA) is 132 Å². The maximum atomic E-state index is 14.7. The van der Waals surface area contributed by atoms with Gasteiger partial charge in [0.25, 0.3) is 0 Å². The van der Waals surface area contributed by atoms with Gasteiger partial charge in [0.1, 0.15) is 29.0 Å². The van der Waals surface area contributed by atoms with Gasteiger partial charge in [-0.2, -0.15) is 5.26 Å². The monoisotopic (exact) mass is 452 g/mol. The average Bonchev–Trinajstić information content (AvgIpc) is 2.79. The molecule has 3 rings (SSSR count). The van der Waals surface area contributed by atoms with E-state index in [0.29, 0.717) is 0 Å². The Morgan fingerprint density at radius 1 is 1.24 bits per heavy atom. The Morgan fingerprint density at radius 3 is 2.61 bits per heavy atom. The maximum absolute atomic E-state index is 14.7. The fraction of sp³-hybridized carbons (Fsp3) is 0.208. The molecule has 0 saturated carbocycles. The largest absolute Gasteiger partial charge is 0.507 e. The van der Waals surface area contributed by atoms with Crippen LogP contribution in [0.2, 0.25) is 0 Å². The highest BCUT2D eigenvalue weighted by Gasteiger charge is 2.38. The molecule has 2 aromatic rings. The number of carbonyl (C=O) groups is 2. The minimum Gasteiger partial charge on any atom is -0.507 e. The Labute approximate surface area is 189 Å². The molecule has 0 aliphatic carbocycles. The van der Waals surface area contributed by atoms with Crippen molar-refractivity contribution in [1.29, 1.82) is 5.26 Å². The van der Waals surface area contributed by atoms with Crippen LogP contribution in [0.1, 0.15) is 35.7 Å². The molecule has 3 N–H and O–H groups in total. The number of nitriles is 1. The number of hydrogen-bond donors (Lipinski definition) is 2. The highest BCUT2D eigenvalue weighted by Crippen LogP contribution is 2.45. The fourth-order valence-corrected chi connectivity index (χ4v) is 3.65. The molecular weight excluding hydrogens is 431 g/mol. The normalized spacial score (nSPS) is 15.5. The van der Waals surface area contributed by atoms with E-state index in [-0.39, 0.29) is 51.6 Å². The predicted octanol–water partition coefficient (Wildman–Crippen LogP) is 3.63. The Morgan fingerprint density at radius 2 is 1.97 bits per heavy atom. The zero-order chi connectivity index (χ0) is 24.3. The van der Waals surface area contributed by atoms with Crippen molar-refractivity contribution in [3.05, 3.63) is 76.1 Å². The number of benzene rings is 2. The van der Waals surface area contributed by atoms with Crippen molar-refractivity contribution in [3.8, 4) is 22.9 Å². The van der Waals surface area contributed by atoms with Gasteiger partial charge in [-0.15, -0.1) is 0 Å². The highest BCUT2D eigenvalue weighted by atomic mass is 19.1. The molecule has 33 heavy (non-hydrogen) atoms. The minimum absolute atomic E-state index is 0.0150. The lowest BCUT2D eigenvalue weighted by atomic mass is 9.81. The van der Waals surface area contributed by atoms with E-state index in [4.69, 9.17) is 15.2 Å². The Hall–Kier alpha value is -4.32. The smallest absolute Gasteiger partial charge is 0.338 e. The first kappa shape index (κ1) is 23.3. The number of allylic oxidation sites excluding steroid dienone is 2. The molecule has 0 bridgehead atoms. The van der Waals surface area contributed by atoms with Gasteiger partial charge in [-0.1, -0.05) is 18.2 Å². The molecule has 1 atom stereocenters. The first-order valence-electron chi connectivity index (χ1n) is 9.90. The van der Waals surface area contributed by atoms with Crippen LogP contribution in [0.5, 0.6) is 5.75 Å². The first-order valence-corrected chi connectivity index (χ1v) is 9.90. The Bertz CT molecular complexity index is 1240. The number of ether oxygens (including phenoxy) is 3. The van der Waals surface area contributed by atoms with E-state index in [1.807, 2.05) is 6.07 Å². The third-order valence-corrected chi connectivity index (χ3v) is 5.16. The lowest BCUT2D eigenvalue weighted by Crippen LogP contribution is -2.25. The van der Waals surface area contributed by atoms with Crippen molar-refractivity contribution in [2.45, 2.75) is 19.8 Å². The van der Waals surface area contributed by atoms with Gasteiger partial charge in [0.2, 0.25) is 5.88 Å². The minimum atomic E-state index is -1.12. The fourth-order valence-electron chi connectivity index (χ4n) is 3.65. The number of rotatable bonds is 5. The Balaban J connectivity index is 2.25. The number of hydrogen-bond acceptors (Lipinski definition) is 8. The third-order valence-electron chi connectivity index (χ3n) is 5.16. The molecule has 1 unspecified atom stereocenters.